The maximum atomic E-state index is 4.77. The molecule has 0 radical (unpaired) electrons. The van der Waals surface area contributed by atoms with Crippen molar-refractivity contribution in [1.29, 1.82) is 0 Å². The van der Waals surface area contributed by atoms with Crippen LogP contribution in [0, 0.1) is 12.8 Å². The van der Waals surface area contributed by atoms with Gasteiger partial charge in [-0.2, -0.15) is 0 Å². The van der Waals surface area contributed by atoms with E-state index in [2.05, 4.69) is 42.5 Å². The van der Waals surface area contributed by atoms with Gasteiger partial charge in [-0.1, -0.05) is 26.2 Å². The highest BCUT2D eigenvalue weighted by Gasteiger charge is 2.21. The SMILES string of the molecule is CCNC(=NCCc1ccncc1C)NC1CCCC(CC)C1. The molecule has 4 heteroatoms. The first-order valence-corrected chi connectivity index (χ1v) is 9.17. The van der Waals surface area contributed by atoms with Gasteiger partial charge in [0, 0.05) is 31.5 Å². The smallest absolute Gasteiger partial charge is 0.191 e. The van der Waals surface area contributed by atoms with Crippen LogP contribution in [-0.4, -0.2) is 30.1 Å². The zero-order valence-electron chi connectivity index (χ0n) is 14.9. The minimum absolute atomic E-state index is 0.578. The van der Waals surface area contributed by atoms with Gasteiger partial charge in [-0.3, -0.25) is 9.98 Å². The number of pyridine rings is 1. The van der Waals surface area contributed by atoms with E-state index in [4.69, 9.17) is 4.99 Å². The van der Waals surface area contributed by atoms with Gasteiger partial charge in [0.2, 0.25) is 0 Å². The first-order valence-electron chi connectivity index (χ1n) is 9.17. The maximum Gasteiger partial charge on any atom is 0.191 e. The summed E-state index contributed by atoms with van der Waals surface area (Å²) in [6.45, 7) is 8.26. The highest BCUT2D eigenvalue weighted by molar-refractivity contribution is 5.80. The number of aromatic nitrogens is 1. The number of nitrogens with zero attached hydrogens (tertiary/aromatic N) is 2. The molecular weight excluding hydrogens is 284 g/mol. The molecule has 1 saturated carbocycles. The second-order valence-electron chi connectivity index (χ2n) is 6.59. The van der Waals surface area contributed by atoms with Gasteiger partial charge < -0.3 is 10.6 Å². The third-order valence-electron chi connectivity index (χ3n) is 4.83. The molecule has 2 atom stereocenters. The Kier molecular flexibility index (Phi) is 7.37. The fourth-order valence-electron chi connectivity index (χ4n) is 3.38. The van der Waals surface area contributed by atoms with Gasteiger partial charge in [-0.15, -0.1) is 0 Å². The van der Waals surface area contributed by atoms with Gasteiger partial charge in [-0.25, -0.2) is 0 Å². The number of hydrogen-bond acceptors (Lipinski definition) is 2. The molecule has 0 aliphatic heterocycles. The van der Waals surface area contributed by atoms with Gasteiger partial charge in [-0.05, 0) is 56.2 Å². The lowest BCUT2D eigenvalue weighted by molar-refractivity contribution is 0.298. The molecule has 1 aliphatic rings. The van der Waals surface area contributed by atoms with Crippen molar-refractivity contribution in [3.63, 3.8) is 0 Å². The van der Waals surface area contributed by atoms with Crippen molar-refractivity contribution >= 4 is 5.96 Å². The number of aryl methyl sites for hydroxylation is 1. The summed E-state index contributed by atoms with van der Waals surface area (Å²) in [6, 6.07) is 2.67. The van der Waals surface area contributed by atoms with E-state index >= 15 is 0 Å². The van der Waals surface area contributed by atoms with Crippen LogP contribution < -0.4 is 10.6 Å². The van der Waals surface area contributed by atoms with E-state index in [1.54, 1.807) is 0 Å². The monoisotopic (exact) mass is 316 g/mol. The summed E-state index contributed by atoms with van der Waals surface area (Å²) < 4.78 is 0. The van der Waals surface area contributed by atoms with Crippen LogP contribution in [0.1, 0.15) is 57.1 Å². The maximum absolute atomic E-state index is 4.77. The van der Waals surface area contributed by atoms with E-state index in [1.165, 1.54) is 43.2 Å². The fourth-order valence-corrected chi connectivity index (χ4v) is 3.38. The summed E-state index contributed by atoms with van der Waals surface area (Å²) in [5.74, 6) is 1.85. The van der Waals surface area contributed by atoms with Gasteiger partial charge in [0.05, 0.1) is 0 Å². The lowest BCUT2D eigenvalue weighted by Crippen LogP contribution is -2.45. The molecular formula is C19H32N4. The van der Waals surface area contributed by atoms with Crippen molar-refractivity contribution in [2.75, 3.05) is 13.1 Å². The fraction of sp³-hybridized carbons (Fsp3) is 0.684. The van der Waals surface area contributed by atoms with E-state index in [9.17, 15) is 0 Å². The van der Waals surface area contributed by atoms with E-state index in [1.807, 2.05) is 12.4 Å². The summed E-state index contributed by atoms with van der Waals surface area (Å²) in [4.78, 5) is 8.92. The Labute approximate surface area is 141 Å². The largest absolute Gasteiger partial charge is 0.357 e. The number of hydrogen-bond donors (Lipinski definition) is 2. The van der Waals surface area contributed by atoms with Crippen molar-refractivity contribution in [2.24, 2.45) is 10.9 Å². The minimum atomic E-state index is 0.578. The highest BCUT2D eigenvalue weighted by atomic mass is 15.2. The summed E-state index contributed by atoms with van der Waals surface area (Å²) in [5, 5.41) is 7.04. The summed E-state index contributed by atoms with van der Waals surface area (Å²) in [5.41, 5.74) is 2.59. The molecule has 0 spiro atoms. The normalized spacial score (nSPS) is 22.0. The average molecular weight is 316 g/mol. The standard InChI is InChI=1S/C19H32N4/c1-4-16-7-6-8-18(13-16)23-19(21-5-2)22-12-10-17-9-11-20-14-15(17)3/h9,11,14,16,18H,4-8,10,12-13H2,1-3H3,(H2,21,22,23). The molecule has 23 heavy (non-hydrogen) atoms. The number of aliphatic imine (C=N–C) groups is 1. The number of nitrogens with one attached hydrogen (secondary N) is 2. The Bertz CT molecular complexity index is 498. The Morgan fingerprint density at radius 3 is 2.96 bits per heavy atom. The third-order valence-corrected chi connectivity index (χ3v) is 4.83. The Hall–Kier alpha value is -1.58. The van der Waals surface area contributed by atoms with E-state index < -0.39 is 0 Å². The van der Waals surface area contributed by atoms with Crippen molar-refractivity contribution in [1.82, 2.24) is 15.6 Å². The molecule has 1 heterocycles. The van der Waals surface area contributed by atoms with Gasteiger partial charge in [0.15, 0.2) is 5.96 Å². The summed E-state index contributed by atoms with van der Waals surface area (Å²) in [6.07, 6.45) is 11.3. The molecule has 1 aromatic rings. The van der Waals surface area contributed by atoms with Crippen LogP contribution in [-0.2, 0) is 6.42 Å². The Balaban J connectivity index is 1.88. The van der Waals surface area contributed by atoms with Crippen LogP contribution in [0.4, 0.5) is 0 Å². The van der Waals surface area contributed by atoms with Gasteiger partial charge in [0.25, 0.3) is 0 Å². The predicted octanol–water partition coefficient (Wildman–Crippen LogP) is 3.46. The number of rotatable bonds is 6. The quantitative estimate of drug-likeness (QED) is 0.624. The number of guanidine groups is 1. The summed E-state index contributed by atoms with van der Waals surface area (Å²) in [7, 11) is 0. The second-order valence-corrected chi connectivity index (χ2v) is 6.59. The Morgan fingerprint density at radius 2 is 2.22 bits per heavy atom. The molecule has 0 bridgehead atoms. The van der Waals surface area contributed by atoms with Crippen LogP contribution in [0.5, 0.6) is 0 Å². The molecule has 1 fully saturated rings. The van der Waals surface area contributed by atoms with E-state index in [-0.39, 0.29) is 0 Å². The minimum Gasteiger partial charge on any atom is -0.357 e. The summed E-state index contributed by atoms with van der Waals surface area (Å²) >= 11 is 0. The lowest BCUT2D eigenvalue weighted by Gasteiger charge is -2.30. The van der Waals surface area contributed by atoms with Crippen LogP contribution >= 0.6 is 0 Å². The Morgan fingerprint density at radius 1 is 1.35 bits per heavy atom. The first kappa shape index (κ1) is 17.8. The molecule has 2 N–H and O–H groups in total. The van der Waals surface area contributed by atoms with Crippen LogP contribution in [0.15, 0.2) is 23.5 Å². The molecule has 0 saturated heterocycles. The molecule has 0 aromatic carbocycles. The van der Waals surface area contributed by atoms with Crippen molar-refractivity contribution in [3.8, 4) is 0 Å². The third kappa shape index (κ3) is 5.85. The zero-order chi connectivity index (χ0) is 16.5. The average Bonchev–Trinajstić information content (AvgIpc) is 2.57. The molecule has 2 rings (SSSR count). The topological polar surface area (TPSA) is 49.3 Å². The van der Waals surface area contributed by atoms with E-state index in [0.717, 1.165) is 31.4 Å². The van der Waals surface area contributed by atoms with E-state index in [0.29, 0.717) is 6.04 Å². The lowest BCUT2D eigenvalue weighted by atomic mass is 9.84. The van der Waals surface area contributed by atoms with Crippen LogP contribution in [0.25, 0.3) is 0 Å². The highest BCUT2D eigenvalue weighted by Crippen LogP contribution is 2.26. The van der Waals surface area contributed by atoms with Crippen molar-refractivity contribution in [2.45, 2.75) is 65.3 Å². The van der Waals surface area contributed by atoms with Gasteiger partial charge in [0.1, 0.15) is 0 Å². The molecule has 2 unspecified atom stereocenters. The first-order chi connectivity index (χ1) is 11.2. The van der Waals surface area contributed by atoms with Crippen LogP contribution in [0.3, 0.4) is 0 Å². The molecule has 128 valence electrons. The predicted molar refractivity (Wildman–Crippen MR) is 97.8 cm³/mol. The van der Waals surface area contributed by atoms with Crippen LogP contribution in [0.2, 0.25) is 0 Å². The van der Waals surface area contributed by atoms with Crippen molar-refractivity contribution < 1.29 is 0 Å². The molecule has 0 amide bonds. The molecule has 1 aliphatic carbocycles. The second kappa shape index (κ2) is 9.53. The molecule has 4 nitrogen and oxygen atoms in total. The zero-order valence-corrected chi connectivity index (χ0v) is 14.9. The van der Waals surface area contributed by atoms with Crippen molar-refractivity contribution in [3.05, 3.63) is 29.6 Å². The molecule has 1 aromatic heterocycles. The van der Waals surface area contributed by atoms with Gasteiger partial charge >= 0.3 is 0 Å².